The van der Waals surface area contributed by atoms with E-state index in [1.165, 1.54) is 12.8 Å². The highest BCUT2D eigenvalue weighted by Gasteiger charge is 1.95. The van der Waals surface area contributed by atoms with Crippen molar-refractivity contribution in [2.45, 2.75) is 30.6 Å². The second-order valence-electron chi connectivity index (χ2n) is 1.64. The van der Waals surface area contributed by atoms with Gasteiger partial charge in [0.25, 0.3) is 0 Å². The van der Waals surface area contributed by atoms with Gasteiger partial charge >= 0.3 is 0 Å². The summed E-state index contributed by atoms with van der Waals surface area (Å²) in [5.41, 5.74) is 0. The molecule has 0 rings (SSSR count). The molecule has 0 amide bonds. The zero-order valence-corrected chi connectivity index (χ0v) is 7.10. The number of rotatable bonds is 3. The summed E-state index contributed by atoms with van der Waals surface area (Å²) >= 11 is 2.45. The van der Waals surface area contributed by atoms with E-state index in [1.807, 2.05) is 0 Å². The Morgan fingerprint density at radius 2 is 2.29 bits per heavy atom. The minimum absolute atomic E-state index is 0.794. The molecular weight excluding hydrogens is 199 g/mol. The first-order valence-corrected chi connectivity index (χ1v) is 3.99. The van der Waals surface area contributed by atoms with Gasteiger partial charge in [-0.1, -0.05) is 42.9 Å². The quantitative estimate of drug-likeness (QED) is 0.497. The largest absolute Gasteiger partial charge is 0.0823 e. The van der Waals surface area contributed by atoms with Crippen molar-refractivity contribution in [3.8, 4) is 0 Å². The molecule has 1 unspecified atom stereocenters. The van der Waals surface area contributed by atoms with Crippen LogP contribution in [-0.2, 0) is 0 Å². The highest BCUT2D eigenvalue weighted by Crippen LogP contribution is 2.09. The van der Waals surface area contributed by atoms with Crippen LogP contribution in [0.25, 0.3) is 0 Å². The van der Waals surface area contributed by atoms with Crippen molar-refractivity contribution in [2.24, 2.45) is 0 Å². The third kappa shape index (κ3) is 4.59. The predicted molar refractivity (Wildman–Crippen MR) is 42.7 cm³/mol. The van der Waals surface area contributed by atoms with Crippen LogP contribution in [0, 0.1) is 6.42 Å². The summed E-state index contributed by atoms with van der Waals surface area (Å²) in [5.74, 6) is 0. The van der Waals surface area contributed by atoms with Crippen LogP contribution in [0.1, 0.15) is 26.7 Å². The van der Waals surface area contributed by atoms with Crippen LogP contribution in [0.3, 0.4) is 0 Å². The summed E-state index contributed by atoms with van der Waals surface area (Å²) in [4.78, 5) is 0. The average molecular weight is 211 g/mol. The van der Waals surface area contributed by atoms with Crippen molar-refractivity contribution < 1.29 is 0 Å². The van der Waals surface area contributed by atoms with Gasteiger partial charge in [-0.05, 0) is 12.8 Å². The van der Waals surface area contributed by atoms with E-state index in [1.54, 1.807) is 0 Å². The van der Waals surface area contributed by atoms with Gasteiger partial charge in [0.15, 0.2) is 0 Å². The van der Waals surface area contributed by atoms with E-state index in [0.29, 0.717) is 0 Å². The molecule has 0 aliphatic carbocycles. The minimum Gasteiger partial charge on any atom is -0.0823 e. The van der Waals surface area contributed by atoms with Crippen LogP contribution in [0.15, 0.2) is 0 Å². The molecule has 0 aromatic carbocycles. The van der Waals surface area contributed by atoms with Crippen LogP contribution < -0.4 is 0 Å². The van der Waals surface area contributed by atoms with Gasteiger partial charge in [0.2, 0.25) is 0 Å². The van der Waals surface area contributed by atoms with Crippen molar-refractivity contribution >= 4 is 22.6 Å². The maximum absolute atomic E-state index is 2.45. The molecule has 0 heterocycles. The molecule has 0 aliphatic heterocycles. The Morgan fingerprint density at radius 1 is 1.71 bits per heavy atom. The van der Waals surface area contributed by atoms with Crippen molar-refractivity contribution in [2.75, 3.05) is 0 Å². The maximum Gasteiger partial charge on any atom is 0.0138 e. The van der Waals surface area contributed by atoms with E-state index in [2.05, 4.69) is 42.9 Å². The van der Waals surface area contributed by atoms with Crippen LogP contribution in [0.4, 0.5) is 0 Å². The SMILES string of the molecule is C[CH]C(I)CCC. The third-order valence-electron chi connectivity index (χ3n) is 0.926. The Hall–Kier alpha value is 0.730. The van der Waals surface area contributed by atoms with Crippen molar-refractivity contribution in [1.82, 2.24) is 0 Å². The summed E-state index contributed by atoms with van der Waals surface area (Å²) in [7, 11) is 0. The number of alkyl halides is 1. The topological polar surface area (TPSA) is 0 Å². The lowest BCUT2D eigenvalue weighted by molar-refractivity contribution is 0.817. The van der Waals surface area contributed by atoms with Gasteiger partial charge in [0, 0.05) is 3.92 Å². The van der Waals surface area contributed by atoms with E-state index in [4.69, 9.17) is 0 Å². The first-order chi connectivity index (χ1) is 3.31. The molecule has 0 nitrogen and oxygen atoms in total. The van der Waals surface area contributed by atoms with Gasteiger partial charge in [0.05, 0.1) is 0 Å². The van der Waals surface area contributed by atoms with Crippen LogP contribution in [0.2, 0.25) is 0 Å². The molecule has 0 N–H and O–H groups in total. The molecule has 43 valence electrons. The third-order valence-corrected chi connectivity index (χ3v) is 2.27. The Bertz CT molecular complexity index is 35.2. The molecule has 0 bridgehead atoms. The molecule has 0 aromatic heterocycles. The molecule has 0 fully saturated rings. The lowest BCUT2D eigenvalue weighted by Crippen LogP contribution is -1.92. The van der Waals surface area contributed by atoms with Gasteiger partial charge in [-0.2, -0.15) is 0 Å². The number of hydrogen-bond donors (Lipinski definition) is 0. The monoisotopic (exact) mass is 211 g/mol. The highest BCUT2D eigenvalue weighted by molar-refractivity contribution is 14.1. The standard InChI is InChI=1S/C6H12I/c1-3-5-6(7)4-2/h4,6H,3,5H2,1-2H3. The highest BCUT2D eigenvalue weighted by atomic mass is 127. The van der Waals surface area contributed by atoms with Crippen molar-refractivity contribution in [1.29, 1.82) is 0 Å². The Kier molecular flexibility index (Phi) is 5.39. The zero-order chi connectivity index (χ0) is 5.70. The van der Waals surface area contributed by atoms with Crippen molar-refractivity contribution in [3.63, 3.8) is 0 Å². The van der Waals surface area contributed by atoms with E-state index in [9.17, 15) is 0 Å². The maximum atomic E-state index is 2.45. The molecule has 0 saturated heterocycles. The number of halogens is 1. The summed E-state index contributed by atoms with van der Waals surface area (Å²) in [6.45, 7) is 4.34. The normalized spacial score (nSPS) is 14.1. The first-order valence-electron chi connectivity index (χ1n) is 2.74. The van der Waals surface area contributed by atoms with Crippen LogP contribution in [0.5, 0.6) is 0 Å². The molecule has 0 spiro atoms. The molecule has 1 atom stereocenters. The van der Waals surface area contributed by atoms with Crippen LogP contribution >= 0.6 is 22.6 Å². The van der Waals surface area contributed by atoms with Gasteiger partial charge < -0.3 is 0 Å². The second kappa shape index (κ2) is 4.88. The Morgan fingerprint density at radius 3 is 2.43 bits per heavy atom. The number of hydrogen-bond acceptors (Lipinski definition) is 0. The molecule has 0 aliphatic rings. The second-order valence-corrected chi connectivity index (χ2v) is 3.24. The fraction of sp³-hybridized carbons (Fsp3) is 0.833. The Balaban J connectivity index is 2.83. The van der Waals surface area contributed by atoms with Crippen LogP contribution in [-0.4, -0.2) is 3.92 Å². The molecule has 1 heteroatoms. The first kappa shape index (κ1) is 7.73. The molecule has 0 saturated carbocycles. The summed E-state index contributed by atoms with van der Waals surface area (Å²) in [5, 5.41) is 0. The van der Waals surface area contributed by atoms with Gasteiger partial charge in [-0.25, -0.2) is 0 Å². The van der Waals surface area contributed by atoms with E-state index < -0.39 is 0 Å². The van der Waals surface area contributed by atoms with E-state index in [-0.39, 0.29) is 0 Å². The summed E-state index contributed by atoms with van der Waals surface area (Å²) in [6.07, 6.45) is 4.87. The van der Waals surface area contributed by atoms with E-state index >= 15 is 0 Å². The lowest BCUT2D eigenvalue weighted by atomic mass is 10.2. The fourth-order valence-corrected chi connectivity index (χ4v) is 1.07. The molecular formula is C6H12I. The molecule has 1 radical (unpaired) electrons. The van der Waals surface area contributed by atoms with Gasteiger partial charge in [-0.15, -0.1) is 0 Å². The van der Waals surface area contributed by atoms with Gasteiger partial charge in [-0.3, -0.25) is 0 Å². The summed E-state index contributed by atoms with van der Waals surface area (Å²) in [6, 6.07) is 0. The Labute approximate surface area is 59.8 Å². The lowest BCUT2D eigenvalue weighted by Gasteiger charge is -2.00. The van der Waals surface area contributed by atoms with Crippen molar-refractivity contribution in [3.05, 3.63) is 6.42 Å². The van der Waals surface area contributed by atoms with Gasteiger partial charge in [0.1, 0.15) is 0 Å². The predicted octanol–water partition coefficient (Wildman–Crippen LogP) is 2.81. The van der Waals surface area contributed by atoms with E-state index in [0.717, 1.165) is 3.92 Å². The molecule has 0 aromatic rings. The molecule has 7 heavy (non-hydrogen) atoms. The smallest absolute Gasteiger partial charge is 0.0138 e. The minimum atomic E-state index is 0.794. The zero-order valence-electron chi connectivity index (χ0n) is 4.95. The average Bonchev–Trinajstić information content (AvgIpc) is 1.68. The fourth-order valence-electron chi connectivity index (χ4n) is 0.442. The summed E-state index contributed by atoms with van der Waals surface area (Å²) < 4.78 is 0.794.